The van der Waals surface area contributed by atoms with Crippen LogP contribution in [0, 0.1) is 0 Å². The molecule has 1 aromatic heterocycles. The van der Waals surface area contributed by atoms with Crippen molar-refractivity contribution in [3.8, 4) is 0 Å². The van der Waals surface area contributed by atoms with Gasteiger partial charge in [0.1, 0.15) is 5.82 Å². The summed E-state index contributed by atoms with van der Waals surface area (Å²) in [4.78, 5) is 30.3. The highest BCUT2D eigenvalue weighted by atomic mass is 32.1. The summed E-state index contributed by atoms with van der Waals surface area (Å²) in [5.74, 6) is 0.804. The number of aromatic nitrogens is 2. The highest BCUT2D eigenvalue weighted by molar-refractivity contribution is 7.80. The van der Waals surface area contributed by atoms with Crippen molar-refractivity contribution in [3.05, 3.63) is 18.0 Å². The third-order valence-electron chi connectivity index (χ3n) is 3.30. The molecule has 0 aliphatic carbocycles. The zero-order chi connectivity index (χ0) is 20.0. The first-order chi connectivity index (χ1) is 12.9. The van der Waals surface area contributed by atoms with E-state index in [2.05, 4.69) is 40.7 Å². The molecule has 0 unspecified atom stereocenters. The van der Waals surface area contributed by atoms with Gasteiger partial charge in [0.2, 0.25) is 0 Å². The van der Waals surface area contributed by atoms with E-state index in [1.54, 1.807) is 12.1 Å². The van der Waals surface area contributed by atoms with E-state index in [4.69, 9.17) is 24.4 Å². The highest BCUT2D eigenvalue weighted by Gasteiger charge is 2.13. The summed E-state index contributed by atoms with van der Waals surface area (Å²) in [5.41, 5.74) is 2.41. The van der Waals surface area contributed by atoms with Crippen LogP contribution < -0.4 is 21.3 Å². The number of amides is 2. The Kier molecular flexibility index (Phi) is 6.85. The van der Waals surface area contributed by atoms with Gasteiger partial charge in [0, 0.05) is 6.42 Å². The van der Waals surface area contributed by atoms with E-state index in [1.807, 2.05) is 6.92 Å². The van der Waals surface area contributed by atoms with Gasteiger partial charge in [0.25, 0.3) is 0 Å². The summed E-state index contributed by atoms with van der Waals surface area (Å²) in [6.07, 6.45) is -0.690. The number of aromatic amines is 1. The molecule has 10 nitrogen and oxygen atoms in total. The minimum Gasteiger partial charge on any atom is -0.453 e. The molecule has 0 saturated heterocycles. The number of nitrogens with one attached hydrogen (secondary N) is 5. The fourth-order valence-corrected chi connectivity index (χ4v) is 2.47. The molecule has 1 aromatic carbocycles. The lowest BCUT2D eigenvalue weighted by molar-refractivity contribution is 0.176. The van der Waals surface area contributed by atoms with Gasteiger partial charge in [0.05, 0.1) is 36.6 Å². The number of fused-ring (bicyclic) bond motifs is 1. The van der Waals surface area contributed by atoms with Crippen LogP contribution in [-0.2, 0) is 15.9 Å². The number of alkyl carbamates (subject to hydrolysis) is 2. The number of thiocarbonyl (C=S) groups is 2. The fraction of sp³-hybridized carbons (Fsp3) is 0.267. The normalized spacial score (nSPS) is 10.0. The monoisotopic (exact) mass is 410 g/mol. The largest absolute Gasteiger partial charge is 0.453 e. The number of rotatable bonds is 3. The SMILES string of the molecule is CCc1nc2cc(NC(=S)NC(=O)OC)c(NC(=S)NC(=O)OC)cc2[nH]1. The predicted molar refractivity (Wildman–Crippen MR) is 109 cm³/mol. The summed E-state index contributed by atoms with van der Waals surface area (Å²) < 4.78 is 9.01. The Morgan fingerprint density at radius 2 is 1.56 bits per heavy atom. The quantitative estimate of drug-likeness (QED) is 0.484. The van der Waals surface area contributed by atoms with E-state index < -0.39 is 12.2 Å². The van der Waals surface area contributed by atoms with Gasteiger partial charge in [-0.25, -0.2) is 14.6 Å². The molecule has 0 aliphatic rings. The maximum atomic E-state index is 11.3. The van der Waals surface area contributed by atoms with Gasteiger partial charge in [-0.1, -0.05) is 6.92 Å². The van der Waals surface area contributed by atoms with E-state index in [0.717, 1.165) is 17.8 Å². The molecule has 2 rings (SSSR count). The molecule has 1 heterocycles. The molecule has 27 heavy (non-hydrogen) atoms. The minimum atomic E-state index is -0.709. The van der Waals surface area contributed by atoms with Crippen molar-refractivity contribution in [2.75, 3.05) is 24.9 Å². The number of ether oxygens (including phenoxy) is 2. The molecular formula is C15H18N6O4S2. The number of methoxy groups -OCH3 is 2. The maximum absolute atomic E-state index is 11.3. The lowest BCUT2D eigenvalue weighted by Gasteiger charge is -2.15. The molecule has 2 aromatic rings. The molecule has 0 radical (unpaired) electrons. The Bertz CT molecular complexity index is 829. The number of benzene rings is 1. The van der Waals surface area contributed by atoms with Crippen molar-refractivity contribution in [2.24, 2.45) is 0 Å². The molecule has 0 aliphatic heterocycles. The molecule has 5 N–H and O–H groups in total. The van der Waals surface area contributed by atoms with E-state index in [-0.39, 0.29) is 10.2 Å². The van der Waals surface area contributed by atoms with E-state index >= 15 is 0 Å². The lowest BCUT2D eigenvalue weighted by Crippen LogP contribution is -2.35. The Hall–Kier alpha value is -2.99. The number of carbonyl (C=O) groups is 2. The molecule has 0 spiro atoms. The molecule has 12 heteroatoms. The fourth-order valence-electron chi connectivity index (χ4n) is 2.08. The first-order valence-corrected chi connectivity index (χ1v) is 8.52. The van der Waals surface area contributed by atoms with Gasteiger partial charge >= 0.3 is 12.2 Å². The third kappa shape index (κ3) is 5.49. The van der Waals surface area contributed by atoms with Crippen molar-refractivity contribution < 1.29 is 19.1 Å². The second-order valence-electron chi connectivity index (χ2n) is 5.09. The smallest absolute Gasteiger partial charge is 0.413 e. The maximum Gasteiger partial charge on any atom is 0.413 e. The Morgan fingerprint density at radius 3 is 2.04 bits per heavy atom. The molecule has 0 saturated carbocycles. The summed E-state index contributed by atoms with van der Waals surface area (Å²) in [5, 5.41) is 10.5. The molecule has 0 fully saturated rings. The second kappa shape index (κ2) is 9.09. The second-order valence-corrected chi connectivity index (χ2v) is 5.91. The highest BCUT2D eigenvalue weighted by Crippen LogP contribution is 2.27. The molecular weight excluding hydrogens is 392 g/mol. The van der Waals surface area contributed by atoms with Crippen LogP contribution in [0.4, 0.5) is 21.0 Å². The summed E-state index contributed by atoms with van der Waals surface area (Å²) in [6, 6.07) is 3.47. The molecule has 144 valence electrons. The van der Waals surface area contributed by atoms with E-state index in [0.29, 0.717) is 16.9 Å². The van der Waals surface area contributed by atoms with Gasteiger partial charge in [0.15, 0.2) is 10.2 Å². The van der Waals surface area contributed by atoms with Crippen LogP contribution in [0.5, 0.6) is 0 Å². The van der Waals surface area contributed by atoms with Gasteiger partial charge < -0.3 is 25.1 Å². The van der Waals surface area contributed by atoms with Crippen LogP contribution in [0.1, 0.15) is 12.7 Å². The van der Waals surface area contributed by atoms with E-state index in [9.17, 15) is 9.59 Å². The van der Waals surface area contributed by atoms with Crippen molar-refractivity contribution >= 4 is 69.3 Å². The zero-order valence-corrected chi connectivity index (χ0v) is 16.4. The average molecular weight is 410 g/mol. The summed E-state index contributed by atoms with van der Waals surface area (Å²) in [7, 11) is 2.45. The number of hydrogen-bond donors (Lipinski definition) is 5. The molecule has 2 amide bonds. The number of anilines is 2. The van der Waals surface area contributed by atoms with Crippen LogP contribution in [0.15, 0.2) is 12.1 Å². The Morgan fingerprint density at radius 1 is 1.04 bits per heavy atom. The molecule has 0 atom stereocenters. The van der Waals surface area contributed by atoms with Crippen LogP contribution in [-0.4, -0.2) is 46.6 Å². The van der Waals surface area contributed by atoms with Crippen LogP contribution >= 0.6 is 24.4 Å². The summed E-state index contributed by atoms with van der Waals surface area (Å²) in [6.45, 7) is 1.97. The van der Waals surface area contributed by atoms with Gasteiger partial charge in [-0.3, -0.25) is 10.6 Å². The summed E-state index contributed by atoms with van der Waals surface area (Å²) >= 11 is 10.2. The third-order valence-corrected chi connectivity index (χ3v) is 3.71. The minimum absolute atomic E-state index is 0.0161. The van der Waals surface area contributed by atoms with E-state index in [1.165, 1.54) is 14.2 Å². The molecule has 0 bridgehead atoms. The number of hydrogen-bond acceptors (Lipinski definition) is 7. The number of nitrogens with zero attached hydrogens (tertiary/aromatic N) is 1. The first-order valence-electron chi connectivity index (χ1n) is 7.70. The van der Waals surface area contributed by atoms with Crippen molar-refractivity contribution in [3.63, 3.8) is 0 Å². The average Bonchev–Trinajstić information content (AvgIpc) is 3.03. The topological polar surface area (TPSA) is 129 Å². The van der Waals surface area contributed by atoms with Crippen molar-refractivity contribution in [1.82, 2.24) is 20.6 Å². The van der Waals surface area contributed by atoms with Gasteiger partial charge in [-0.2, -0.15) is 0 Å². The van der Waals surface area contributed by atoms with Crippen LogP contribution in [0.2, 0.25) is 0 Å². The standard InChI is InChI=1S/C15H18N6O4S2/c1-4-11-16-7-5-9(18-12(26)20-14(22)24-2)10(6-8(7)17-11)19-13(27)21-15(23)25-3/h5-6H,4H2,1-3H3,(H,16,17)(H2,18,20,22,26)(H2,19,21,23,27). The van der Waals surface area contributed by atoms with Gasteiger partial charge in [-0.05, 0) is 36.6 Å². The Labute approximate surface area is 165 Å². The lowest BCUT2D eigenvalue weighted by atomic mass is 10.2. The van der Waals surface area contributed by atoms with Crippen molar-refractivity contribution in [2.45, 2.75) is 13.3 Å². The number of imidazole rings is 1. The Balaban J connectivity index is 2.32. The zero-order valence-electron chi connectivity index (χ0n) is 14.8. The number of H-pyrrole nitrogens is 1. The number of carbonyl (C=O) groups excluding carboxylic acids is 2. The van der Waals surface area contributed by atoms with Gasteiger partial charge in [-0.15, -0.1) is 0 Å². The van der Waals surface area contributed by atoms with Crippen LogP contribution in [0.25, 0.3) is 11.0 Å². The van der Waals surface area contributed by atoms with Crippen LogP contribution in [0.3, 0.4) is 0 Å². The predicted octanol–water partition coefficient (Wildman–Crippen LogP) is 2.23. The van der Waals surface area contributed by atoms with Crippen molar-refractivity contribution in [1.29, 1.82) is 0 Å². The first kappa shape index (κ1) is 20.3. The number of aryl methyl sites for hydroxylation is 1.